The first-order valence-corrected chi connectivity index (χ1v) is 8.31. The standard InChI is InChI=1S/C15H23N3O3S/c1-12(11-21-2)16-14(19)10-17-5-7-18(8-6-17)15(20)13-4-3-9-22-13/h3-4,9,12H,5-8,10-11H2,1-2H3,(H,16,19). The Hall–Kier alpha value is -1.44. The summed E-state index contributed by atoms with van der Waals surface area (Å²) in [5.41, 5.74) is 0. The van der Waals surface area contributed by atoms with E-state index in [4.69, 9.17) is 4.74 Å². The first kappa shape index (κ1) is 16.9. The summed E-state index contributed by atoms with van der Waals surface area (Å²) < 4.78 is 5.00. The zero-order valence-electron chi connectivity index (χ0n) is 13.1. The number of piperazine rings is 1. The summed E-state index contributed by atoms with van der Waals surface area (Å²) in [7, 11) is 1.62. The second kappa shape index (κ2) is 8.26. The molecular weight excluding hydrogens is 302 g/mol. The van der Waals surface area contributed by atoms with Gasteiger partial charge >= 0.3 is 0 Å². The summed E-state index contributed by atoms with van der Waals surface area (Å²) in [6.45, 7) is 5.57. The van der Waals surface area contributed by atoms with E-state index in [1.807, 2.05) is 29.3 Å². The predicted molar refractivity (Wildman–Crippen MR) is 86.1 cm³/mol. The minimum Gasteiger partial charge on any atom is -0.383 e. The van der Waals surface area contributed by atoms with Gasteiger partial charge in [0, 0.05) is 39.3 Å². The van der Waals surface area contributed by atoms with E-state index in [0.717, 1.165) is 18.0 Å². The van der Waals surface area contributed by atoms with Crippen LogP contribution >= 0.6 is 11.3 Å². The number of methoxy groups -OCH3 is 1. The SMILES string of the molecule is COCC(C)NC(=O)CN1CCN(C(=O)c2cccs2)CC1. The molecule has 2 rings (SSSR count). The number of hydrogen-bond acceptors (Lipinski definition) is 5. The molecule has 1 atom stereocenters. The summed E-state index contributed by atoms with van der Waals surface area (Å²) in [6.07, 6.45) is 0. The monoisotopic (exact) mass is 325 g/mol. The highest BCUT2D eigenvalue weighted by molar-refractivity contribution is 7.12. The van der Waals surface area contributed by atoms with Gasteiger partial charge in [-0.05, 0) is 18.4 Å². The molecule has 7 heteroatoms. The van der Waals surface area contributed by atoms with E-state index in [-0.39, 0.29) is 17.9 Å². The summed E-state index contributed by atoms with van der Waals surface area (Å²) >= 11 is 1.47. The summed E-state index contributed by atoms with van der Waals surface area (Å²) in [6, 6.07) is 3.75. The van der Waals surface area contributed by atoms with Crippen LogP contribution < -0.4 is 5.32 Å². The normalized spacial score (nSPS) is 17.3. The number of rotatable bonds is 6. The van der Waals surface area contributed by atoms with Gasteiger partial charge in [-0.3, -0.25) is 14.5 Å². The smallest absolute Gasteiger partial charge is 0.264 e. The van der Waals surface area contributed by atoms with E-state index in [1.54, 1.807) is 7.11 Å². The summed E-state index contributed by atoms with van der Waals surface area (Å²) in [4.78, 5) is 28.9. The van der Waals surface area contributed by atoms with Gasteiger partial charge in [-0.2, -0.15) is 0 Å². The van der Waals surface area contributed by atoms with Crippen molar-refractivity contribution in [2.75, 3.05) is 46.4 Å². The molecule has 1 unspecified atom stereocenters. The largest absolute Gasteiger partial charge is 0.383 e. The average molecular weight is 325 g/mol. The zero-order valence-corrected chi connectivity index (χ0v) is 13.9. The van der Waals surface area contributed by atoms with Crippen LogP contribution in [0.1, 0.15) is 16.6 Å². The molecule has 0 saturated carbocycles. The predicted octanol–water partition coefficient (Wildman–Crippen LogP) is 0.657. The lowest BCUT2D eigenvalue weighted by Crippen LogP contribution is -2.51. The van der Waals surface area contributed by atoms with Crippen molar-refractivity contribution >= 4 is 23.2 Å². The molecule has 0 aliphatic carbocycles. The fourth-order valence-electron chi connectivity index (χ4n) is 2.48. The van der Waals surface area contributed by atoms with Gasteiger partial charge < -0.3 is 15.0 Å². The van der Waals surface area contributed by atoms with Gasteiger partial charge in [0.05, 0.1) is 18.0 Å². The van der Waals surface area contributed by atoms with Crippen LogP contribution in [0, 0.1) is 0 Å². The lowest BCUT2D eigenvalue weighted by atomic mass is 10.2. The molecule has 0 spiro atoms. The van der Waals surface area contributed by atoms with E-state index in [9.17, 15) is 9.59 Å². The van der Waals surface area contributed by atoms with Crippen molar-refractivity contribution in [3.63, 3.8) is 0 Å². The van der Waals surface area contributed by atoms with Crippen LogP contribution in [0.3, 0.4) is 0 Å². The molecular formula is C15H23N3O3S. The lowest BCUT2D eigenvalue weighted by Gasteiger charge is -2.34. The summed E-state index contributed by atoms with van der Waals surface area (Å²) in [5, 5.41) is 4.81. The molecule has 0 radical (unpaired) electrons. The molecule has 2 amide bonds. The first-order chi connectivity index (χ1) is 10.6. The van der Waals surface area contributed by atoms with Gasteiger partial charge in [-0.1, -0.05) is 6.07 Å². The Morgan fingerprint density at radius 3 is 2.68 bits per heavy atom. The highest BCUT2D eigenvalue weighted by Crippen LogP contribution is 2.13. The average Bonchev–Trinajstić information content (AvgIpc) is 3.01. The molecule has 1 fully saturated rings. The van der Waals surface area contributed by atoms with Gasteiger partial charge in [-0.15, -0.1) is 11.3 Å². The second-order valence-electron chi connectivity index (χ2n) is 5.47. The number of nitrogens with zero attached hydrogens (tertiary/aromatic N) is 2. The number of carbonyl (C=O) groups excluding carboxylic acids is 2. The maximum Gasteiger partial charge on any atom is 0.264 e. The fraction of sp³-hybridized carbons (Fsp3) is 0.600. The molecule has 0 aromatic carbocycles. The zero-order chi connectivity index (χ0) is 15.9. The number of thiophene rings is 1. The van der Waals surface area contributed by atoms with Crippen molar-refractivity contribution in [1.82, 2.24) is 15.1 Å². The number of nitrogens with one attached hydrogen (secondary N) is 1. The van der Waals surface area contributed by atoms with Gasteiger partial charge in [0.2, 0.25) is 5.91 Å². The minimum absolute atomic E-state index is 0.00239. The Bertz CT molecular complexity index is 484. The molecule has 1 aromatic rings. The van der Waals surface area contributed by atoms with Crippen LogP contribution in [0.2, 0.25) is 0 Å². The Kier molecular flexibility index (Phi) is 6.35. The lowest BCUT2D eigenvalue weighted by molar-refractivity contribution is -0.123. The molecule has 1 aliphatic heterocycles. The van der Waals surface area contributed by atoms with E-state index < -0.39 is 0 Å². The van der Waals surface area contributed by atoms with Crippen LogP contribution in [0.5, 0.6) is 0 Å². The highest BCUT2D eigenvalue weighted by atomic mass is 32.1. The summed E-state index contributed by atoms with van der Waals surface area (Å²) in [5.74, 6) is 0.0930. The van der Waals surface area contributed by atoms with Gasteiger partial charge in [0.1, 0.15) is 0 Å². The van der Waals surface area contributed by atoms with Crippen molar-refractivity contribution in [1.29, 1.82) is 0 Å². The fourth-order valence-corrected chi connectivity index (χ4v) is 3.17. The van der Waals surface area contributed by atoms with E-state index in [0.29, 0.717) is 26.2 Å². The third kappa shape index (κ3) is 4.79. The Morgan fingerprint density at radius 1 is 1.36 bits per heavy atom. The van der Waals surface area contributed by atoms with Crippen molar-refractivity contribution in [2.45, 2.75) is 13.0 Å². The maximum atomic E-state index is 12.2. The topological polar surface area (TPSA) is 61.9 Å². The Labute approximate surface area is 135 Å². The van der Waals surface area contributed by atoms with Crippen molar-refractivity contribution < 1.29 is 14.3 Å². The highest BCUT2D eigenvalue weighted by Gasteiger charge is 2.23. The van der Waals surface area contributed by atoms with Crippen molar-refractivity contribution in [2.24, 2.45) is 0 Å². The third-order valence-corrected chi connectivity index (χ3v) is 4.44. The molecule has 0 bridgehead atoms. The quantitative estimate of drug-likeness (QED) is 0.834. The first-order valence-electron chi connectivity index (χ1n) is 7.43. The van der Waals surface area contributed by atoms with Crippen molar-refractivity contribution in [3.05, 3.63) is 22.4 Å². The molecule has 122 valence electrons. The van der Waals surface area contributed by atoms with Gasteiger partial charge in [0.25, 0.3) is 5.91 Å². The van der Waals surface area contributed by atoms with Crippen molar-refractivity contribution in [3.8, 4) is 0 Å². The maximum absolute atomic E-state index is 12.2. The van der Waals surface area contributed by atoms with Crippen LogP contribution in [0.15, 0.2) is 17.5 Å². The Morgan fingerprint density at radius 2 is 2.09 bits per heavy atom. The number of ether oxygens (including phenoxy) is 1. The van der Waals surface area contributed by atoms with Crippen LogP contribution in [0.25, 0.3) is 0 Å². The van der Waals surface area contributed by atoms with Crippen LogP contribution in [0.4, 0.5) is 0 Å². The number of amides is 2. The second-order valence-corrected chi connectivity index (χ2v) is 6.42. The molecule has 22 heavy (non-hydrogen) atoms. The molecule has 1 saturated heterocycles. The van der Waals surface area contributed by atoms with E-state index in [2.05, 4.69) is 10.2 Å². The van der Waals surface area contributed by atoms with E-state index >= 15 is 0 Å². The van der Waals surface area contributed by atoms with E-state index in [1.165, 1.54) is 11.3 Å². The molecule has 1 N–H and O–H groups in total. The minimum atomic E-state index is 0.00239. The molecule has 2 heterocycles. The number of hydrogen-bond donors (Lipinski definition) is 1. The number of carbonyl (C=O) groups is 2. The molecule has 6 nitrogen and oxygen atoms in total. The van der Waals surface area contributed by atoms with Crippen LogP contribution in [-0.2, 0) is 9.53 Å². The Balaban J connectivity index is 1.73. The molecule has 1 aromatic heterocycles. The third-order valence-electron chi connectivity index (χ3n) is 3.58. The van der Waals surface area contributed by atoms with Gasteiger partial charge in [-0.25, -0.2) is 0 Å². The van der Waals surface area contributed by atoms with Gasteiger partial charge in [0.15, 0.2) is 0 Å². The molecule has 1 aliphatic rings. The van der Waals surface area contributed by atoms with Crippen LogP contribution in [-0.4, -0.2) is 74.1 Å².